The average molecular weight is 767 g/mol. The Balaban J connectivity index is 1.42. The number of thioether (sulfide) groups is 1. The van der Waals surface area contributed by atoms with Crippen molar-refractivity contribution in [3.63, 3.8) is 0 Å². The summed E-state index contributed by atoms with van der Waals surface area (Å²) in [4.78, 5) is 94.5. The molecule has 18 nitrogen and oxygen atoms in total. The number of nitrogens with one attached hydrogen (secondary N) is 1. The first kappa shape index (κ1) is 40.4. The number of nitrogens with zero attached hydrogens (tertiary/aromatic N) is 3. The molecule has 0 radical (unpaired) electrons. The van der Waals surface area contributed by atoms with Crippen molar-refractivity contribution in [2.24, 2.45) is 5.92 Å². The van der Waals surface area contributed by atoms with Crippen LogP contribution in [0.4, 0.5) is 16.2 Å². The van der Waals surface area contributed by atoms with Crippen LogP contribution in [0.15, 0.2) is 90.3 Å². The van der Waals surface area contributed by atoms with Crippen molar-refractivity contribution in [1.82, 2.24) is 10.2 Å². The molecule has 3 aromatic rings. The van der Waals surface area contributed by atoms with Crippen LogP contribution < -0.4 is 5.32 Å². The molecule has 3 N–H and O–H groups in total. The molecule has 0 aromatic heterocycles. The highest BCUT2D eigenvalue weighted by Gasteiger charge is 2.57. The van der Waals surface area contributed by atoms with Gasteiger partial charge in [0.1, 0.15) is 12.7 Å². The van der Waals surface area contributed by atoms with Gasteiger partial charge in [-0.15, -0.1) is 11.8 Å². The molecule has 0 spiro atoms. The average Bonchev–Trinajstić information content (AvgIpc) is 3.14. The molecule has 3 atom stereocenters. The van der Waals surface area contributed by atoms with Gasteiger partial charge >= 0.3 is 24.0 Å². The molecule has 54 heavy (non-hydrogen) atoms. The predicted molar refractivity (Wildman–Crippen MR) is 189 cm³/mol. The maximum absolute atomic E-state index is 13.5. The van der Waals surface area contributed by atoms with Crippen LogP contribution in [0.25, 0.3) is 0 Å². The third-order valence-electron chi connectivity index (χ3n) is 8.10. The number of nitro benzene ring substituents is 2. The lowest BCUT2D eigenvalue weighted by atomic mass is 9.79. The summed E-state index contributed by atoms with van der Waals surface area (Å²) in [6.45, 7) is -0.0246. The number of carbonyl (C=O) groups is 5. The van der Waals surface area contributed by atoms with Gasteiger partial charge in [-0.2, -0.15) is 4.89 Å². The number of carbonyl (C=O) groups excluding carboxylic acids is 3. The number of para-hydroxylation sites is 1. The van der Waals surface area contributed by atoms with Crippen LogP contribution in [-0.4, -0.2) is 85.4 Å². The Morgan fingerprint density at radius 2 is 1.57 bits per heavy atom. The van der Waals surface area contributed by atoms with E-state index in [0.29, 0.717) is 16.9 Å². The summed E-state index contributed by atoms with van der Waals surface area (Å²) in [6.07, 6.45) is -0.688. The van der Waals surface area contributed by atoms with E-state index >= 15 is 0 Å². The van der Waals surface area contributed by atoms with Gasteiger partial charge in [0, 0.05) is 36.1 Å². The van der Waals surface area contributed by atoms with Gasteiger partial charge in [0.05, 0.1) is 28.2 Å². The van der Waals surface area contributed by atoms with Crippen molar-refractivity contribution in [1.29, 1.82) is 0 Å². The van der Waals surface area contributed by atoms with Gasteiger partial charge < -0.3 is 25.2 Å². The number of aliphatic carboxylic acids is 2. The lowest BCUT2D eigenvalue weighted by Gasteiger charge is -2.49. The van der Waals surface area contributed by atoms with Gasteiger partial charge in [0.25, 0.3) is 11.4 Å². The van der Waals surface area contributed by atoms with E-state index in [0.717, 1.165) is 17.3 Å². The van der Waals surface area contributed by atoms with Crippen molar-refractivity contribution in [3.05, 3.63) is 127 Å². The molecule has 1 heterocycles. The first-order valence-corrected chi connectivity index (χ1v) is 17.2. The molecular formula is C35H34N4O14S. The fourth-order valence-electron chi connectivity index (χ4n) is 5.50. The molecule has 0 saturated carbocycles. The largest absolute Gasteiger partial charge is 0.479 e. The van der Waals surface area contributed by atoms with Crippen LogP contribution in [0.2, 0.25) is 0 Å². The standard InChI is InChI=1S/C35H34N4O14S/c40-29(20-24-8-4-5-9-26(24)39(49)50)53-52-28(15-12-22-6-2-1-3-7-22)30-27(37(32(30)41)31(33(42)43)34(44)45)16-18-54-19-17-36-35(46)51-21-23-10-13-25(14-11-23)38(47)48/h1-11,13-14,16,18,27-28,30-31H,12,15,17,19-21H2,(H,36,46)(H,42,43)(H,44,45)/t27-,28-,30+/m1/s1. The SMILES string of the molecule is O=C(Cc1ccccc1[N+](=O)[O-])OO[C@H](CCc1ccccc1)[C@H]1C(=O)N(C(C(=O)O)C(=O)O)[C@@H]1C=CSCCNC(=O)OCc1ccc([N+](=O)[O-])cc1. The molecule has 4 rings (SSSR count). The summed E-state index contributed by atoms with van der Waals surface area (Å²) in [5.74, 6) is -6.38. The Bertz CT molecular complexity index is 1860. The number of rotatable bonds is 20. The van der Waals surface area contributed by atoms with Gasteiger partial charge in [-0.3, -0.25) is 29.9 Å². The van der Waals surface area contributed by atoms with Gasteiger partial charge in [-0.05, 0) is 41.5 Å². The van der Waals surface area contributed by atoms with E-state index in [1.807, 2.05) is 12.1 Å². The van der Waals surface area contributed by atoms with E-state index in [1.54, 1.807) is 18.2 Å². The molecular weight excluding hydrogens is 732 g/mol. The molecule has 1 fully saturated rings. The number of carboxylic acids is 2. The predicted octanol–water partition coefficient (Wildman–Crippen LogP) is 4.06. The van der Waals surface area contributed by atoms with Gasteiger partial charge in [-0.25, -0.2) is 19.2 Å². The van der Waals surface area contributed by atoms with Crippen LogP contribution in [0.5, 0.6) is 0 Å². The Labute approximate surface area is 310 Å². The highest BCUT2D eigenvalue weighted by atomic mass is 32.2. The third kappa shape index (κ3) is 11.1. The molecule has 0 aliphatic carbocycles. The van der Waals surface area contributed by atoms with Crippen molar-refractivity contribution < 1.29 is 58.5 Å². The van der Waals surface area contributed by atoms with E-state index in [2.05, 4.69) is 5.32 Å². The van der Waals surface area contributed by atoms with Crippen molar-refractivity contribution in [3.8, 4) is 0 Å². The highest BCUT2D eigenvalue weighted by molar-refractivity contribution is 8.02. The second-order valence-corrected chi connectivity index (χ2v) is 12.7. The monoisotopic (exact) mass is 766 g/mol. The number of ether oxygens (including phenoxy) is 1. The second kappa shape index (κ2) is 19.5. The number of hydrogen-bond acceptors (Lipinski definition) is 13. The van der Waals surface area contributed by atoms with Gasteiger partial charge in [0.2, 0.25) is 11.9 Å². The third-order valence-corrected chi connectivity index (χ3v) is 8.89. The molecule has 2 amide bonds. The Hall–Kier alpha value is -6.34. The molecule has 19 heteroatoms. The van der Waals surface area contributed by atoms with Gasteiger partial charge in [0.15, 0.2) is 0 Å². The number of likely N-dealkylation sites (tertiary alicyclic amines) is 1. The van der Waals surface area contributed by atoms with Gasteiger partial charge in [-0.1, -0.05) is 54.6 Å². The first-order valence-electron chi connectivity index (χ1n) is 16.2. The molecule has 284 valence electrons. The van der Waals surface area contributed by atoms with E-state index in [9.17, 15) is 54.4 Å². The number of nitro groups is 2. The van der Waals surface area contributed by atoms with E-state index in [1.165, 1.54) is 60.0 Å². The summed E-state index contributed by atoms with van der Waals surface area (Å²) in [6, 6.07) is 16.6. The van der Waals surface area contributed by atoms with Crippen LogP contribution in [0.3, 0.4) is 0 Å². The summed E-state index contributed by atoms with van der Waals surface area (Å²) in [5, 5.41) is 45.6. The minimum atomic E-state index is -2.24. The van der Waals surface area contributed by atoms with E-state index in [4.69, 9.17) is 14.5 Å². The molecule has 0 bridgehead atoms. The summed E-state index contributed by atoms with van der Waals surface area (Å²) >= 11 is 1.14. The van der Waals surface area contributed by atoms with Crippen LogP contribution in [-0.2, 0) is 53.1 Å². The zero-order valence-corrected chi connectivity index (χ0v) is 29.1. The number of hydrogen-bond donors (Lipinski definition) is 3. The Morgan fingerprint density at radius 1 is 0.907 bits per heavy atom. The topological polar surface area (TPSA) is 255 Å². The number of β-lactam (4-membered cyclic amide) rings is 1. The lowest BCUT2D eigenvalue weighted by Crippen LogP contribution is -2.70. The minimum absolute atomic E-state index is 0.0543. The zero-order chi connectivity index (χ0) is 39.2. The number of alkyl carbamates (subject to hydrolysis) is 1. The highest BCUT2D eigenvalue weighted by Crippen LogP contribution is 2.37. The number of carboxylic acid groups (broad SMARTS) is 2. The Morgan fingerprint density at radius 3 is 2.22 bits per heavy atom. The number of benzene rings is 3. The quantitative estimate of drug-likeness (QED) is 0.0366. The second-order valence-electron chi connectivity index (χ2n) is 11.6. The van der Waals surface area contributed by atoms with Crippen LogP contribution in [0, 0.1) is 26.1 Å². The van der Waals surface area contributed by atoms with E-state index < -0.39 is 70.3 Å². The number of non-ortho nitro benzene ring substituents is 1. The zero-order valence-electron chi connectivity index (χ0n) is 28.3. The fourth-order valence-corrected chi connectivity index (χ4v) is 6.13. The summed E-state index contributed by atoms with van der Waals surface area (Å²) in [7, 11) is 0. The smallest absolute Gasteiger partial charge is 0.407 e. The maximum atomic E-state index is 13.5. The number of amides is 2. The van der Waals surface area contributed by atoms with Crippen LogP contribution >= 0.6 is 11.8 Å². The van der Waals surface area contributed by atoms with Crippen LogP contribution in [0.1, 0.15) is 23.1 Å². The Kier molecular flexibility index (Phi) is 14.6. The van der Waals surface area contributed by atoms with Crippen molar-refractivity contribution in [2.75, 3.05) is 12.3 Å². The number of aryl methyl sites for hydroxylation is 1. The fraction of sp³-hybridized carbons (Fsp3) is 0.286. The molecule has 1 aliphatic heterocycles. The first-order chi connectivity index (χ1) is 25.9. The minimum Gasteiger partial charge on any atom is -0.479 e. The van der Waals surface area contributed by atoms with E-state index in [-0.39, 0.29) is 42.3 Å². The summed E-state index contributed by atoms with van der Waals surface area (Å²) < 4.78 is 5.10. The maximum Gasteiger partial charge on any atom is 0.407 e. The molecule has 1 aliphatic rings. The lowest BCUT2D eigenvalue weighted by molar-refractivity contribution is -0.385. The molecule has 3 aromatic carbocycles. The van der Waals surface area contributed by atoms with Crippen molar-refractivity contribution >= 4 is 53.0 Å². The normalized spacial score (nSPS) is 15.6. The summed E-state index contributed by atoms with van der Waals surface area (Å²) in [5.41, 5.74) is 0.993. The molecule has 0 unspecified atom stereocenters. The molecule has 1 saturated heterocycles. The van der Waals surface area contributed by atoms with Crippen molar-refractivity contribution in [2.45, 2.75) is 44.1 Å².